The van der Waals surface area contributed by atoms with Crippen molar-refractivity contribution in [3.05, 3.63) is 58.8 Å². The van der Waals surface area contributed by atoms with E-state index >= 15 is 0 Å². The fourth-order valence-electron chi connectivity index (χ4n) is 2.34. The first-order valence-electron chi connectivity index (χ1n) is 6.15. The lowest BCUT2D eigenvalue weighted by Crippen LogP contribution is -2.35. The van der Waals surface area contributed by atoms with Gasteiger partial charge >= 0.3 is 5.69 Å². The average Bonchev–Trinajstić information content (AvgIpc) is 2.85. The van der Waals surface area contributed by atoms with Gasteiger partial charge in [0.1, 0.15) is 6.54 Å². The Bertz CT molecular complexity index is 678. The largest absolute Gasteiger partial charge is 0.347 e. The Morgan fingerprint density at radius 3 is 2.95 bits per heavy atom. The van der Waals surface area contributed by atoms with Crippen LogP contribution in [0.1, 0.15) is 5.56 Å². The molecule has 0 spiro atoms. The highest BCUT2D eigenvalue weighted by atomic mass is 16.2. The summed E-state index contributed by atoms with van der Waals surface area (Å²) in [5.74, 6) is -0.0833. The molecule has 2 heterocycles. The molecule has 1 aliphatic heterocycles. The monoisotopic (exact) mass is 255 g/mol. The summed E-state index contributed by atoms with van der Waals surface area (Å²) in [5.41, 5.74) is 1.72. The molecule has 96 valence electrons. The maximum atomic E-state index is 12.3. The van der Waals surface area contributed by atoms with Crippen molar-refractivity contribution in [3.63, 3.8) is 0 Å². The standard InChI is InChI=1S/C14H13N3O2/c18-13(10-16-8-3-7-15-14(16)19)17-9-6-11-4-1-2-5-12(11)17/h1-5,7-8H,6,9-10H2. The second-order valence-electron chi connectivity index (χ2n) is 4.45. The van der Waals surface area contributed by atoms with Crippen LogP contribution in [0.5, 0.6) is 0 Å². The number of para-hydroxylation sites is 1. The van der Waals surface area contributed by atoms with Gasteiger partial charge in [-0.05, 0) is 24.1 Å². The number of carbonyl (C=O) groups is 1. The molecule has 1 aromatic carbocycles. The Labute approximate surface area is 110 Å². The van der Waals surface area contributed by atoms with E-state index in [1.165, 1.54) is 16.3 Å². The Morgan fingerprint density at radius 2 is 2.11 bits per heavy atom. The fraction of sp³-hybridized carbons (Fsp3) is 0.214. The van der Waals surface area contributed by atoms with Gasteiger partial charge in [-0.2, -0.15) is 0 Å². The van der Waals surface area contributed by atoms with Crippen molar-refractivity contribution in [2.45, 2.75) is 13.0 Å². The summed E-state index contributed by atoms with van der Waals surface area (Å²) >= 11 is 0. The van der Waals surface area contributed by atoms with Gasteiger partial charge in [-0.25, -0.2) is 9.78 Å². The van der Waals surface area contributed by atoms with Crippen LogP contribution >= 0.6 is 0 Å². The van der Waals surface area contributed by atoms with Gasteiger partial charge < -0.3 is 4.90 Å². The molecule has 2 aromatic rings. The third kappa shape index (κ3) is 2.14. The SMILES string of the molecule is O=C(Cn1cccnc1=O)N1CCc2ccccc21. The summed E-state index contributed by atoms with van der Waals surface area (Å²) in [6, 6.07) is 9.50. The quantitative estimate of drug-likeness (QED) is 0.798. The first kappa shape index (κ1) is 11.6. The number of hydrogen-bond donors (Lipinski definition) is 0. The maximum absolute atomic E-state index is 12.3. The molecule has 0 saturated heterocycles. The zero-order valence-corrected chi connectivity index (χ0v) is 10.3. The molecule has 0 radical (unpaired) electrons. The van der Waals surface area contributed by atoms with Gasteiger partial charge in [0.2, 0.25) is 5.91 Å². The van der Waals surface area contributed by atoms with Crippen molar-refractivity contribution in [1.29, 1.82) is 0 Å². The van der Waals surface area contributed by atoms with E-state index in [4.69, 9.17) is 0 Å². The highest BCUT2D eigenvalue weighted by molar-refractivity contribution is 5.95. The van der Waals surface area contributed by atoms with Gasteiger partial charge in [-0.3, -0.25) is 9.36 Å². The molecule has 5 nitrogen and oxygen atoms in total. The predicted octanol–water partition coefficient (Wildman–Crippen LogP) is 0.833. The van der Waals surface area contributed by atoms with Crippen LogP contribution in [-0.2, 0) is 17.8 Å². The third-order valence-corrected chi connectivity index (χ3v) is 3.28. The molecule has 1 aromatic heterocycles. The number of anilines is 1. The summed E-state index contributed by atoms with van der Waals surface area (Å²) in [6.07, 6.45) is 3.87. The summed E-state index contributed by atoms with van der Waals surface area (Å²) in [4.78, 5) is 29.1. The molecule has 0 saturated carbocycles. The number of hydrogen-bond acceptors (Lipinski definition) is 3. The Morgan fingerprint density at radius 1 is 1.26 bits per heavy atom. The van der Waals surface area contributed by atoms with E-state index in [1.54, 1.807) is 17.2 Å². The molecule has 0 unspecified atom stereocenters. The van der Waals surface area contributed by atoms with E-state index in [9.17, 15) is 9.59 Å². The summed E-state index contributed by atoms with van der Waals surface area (Å²) in [7, 11) is 0. The summed E-state index contributed by atoms with van der Waals surface area (Å²) in [5, 5.41) is 0. The number of fused-ring (bicyclic) bond motifs is 1. The Hall–Kier alpha value is -2.43. The number of amides is 1. The van der Waals surface area contributed by atoms with E-state index in [1.807, 2.05) is 24.3 Å². The second-order valence-corrected chi connectivity index (χ2v) is 4.45. The van der Waals surface area contributed by atoms with E-state index < -0.39 is 5.69 Å². The van der Waals surface area contributed by atoms with Gasteiger partial charge in [0, 0.05) is 24.6 Å². The zero-order valence-electron chi connectivity index (χ0n) is 10.3. The lowest BCUT2D eigenvalue weighted by molar-refractivity contribution is -0.119. The van der Waals surface area contributed by atoms with Crippen molar-refractivity contribution < 1.29 is 4.79 Å². The molecule has 0 aliphatic carbocycles. The van der Waals surface area contributed by atoms with Crippen LogP contribution in [0.4, 0.5) is 5.69 Å². The molecule has 19 heavy (non-hydrogen) atoms. The molecular formula is C14H13N3O2. The van der Waals surface area contributed by atoms with Crippen molar-refractivity contribution in [2.75, 3.05) is 11.4 Å². The normalized spacial score (nSPS) is 13.4. The molecule has 0 fully saturated rings. The first-order chi connectivity index (χ1) is 9.25. The lowest BCUT2D eigenvalue weighted by atomic mass is 10.2. The molecule has 0 N–H and O–H groups in total. The summed E-state index contributed by atoms with van der Waals surface area (Å²) < 4.78 is 1.32. The molecule has 1 aliphatic rings. The van der Waals surface area contributed by atoms with E-state index in [0.717, 1.165) is 12.1 Å². The van der Waals surface area contributed by atoms with Gasteiger partial charge in [-0.1, -0.05) is 18.2 Å². The highest BCUT2D eigenvalue weighted by Crippen LogP contribution is 2.27. The molecule has 1 amide bonds. The van der Waals surface area contributed by atoms with Crippen LogP contribution in [0.15, 0.2) is 47.5 Å². The third-order valence-electron chi connectivity index (χ3n) is 3.28. The average molecular weight is 255 g/mol. The minimum absolute atomic E-state index is 0.0288. The number of benzene rings is 1. The zero-order chi connectivity index (χ0) is 13.2. The highest BCUT2D eigenvalue weighted by Gasteiger charge is 2.24. The number of carbonyl (C=O) groups excluding carboxylic acids is 1. The van der Waals surface area contributed by atoms with Crippen LogP contribution in [0.25, 0.3) is 0 Å². The minimum Gasteiger partial charge on any atom is -0.310 e. The van der Waals surface area contributed by atoms with Gasteiger partial charge in [0.15, 0.2) is 0 Å². The van der Waals surface area contributed by atoms with Gasteiger partial charge in [0.25, 0.3) is 0 Å². The van der Waals surface area contributed by atoms with Crippen molar-refractivity contribution in [1.82, 2.24) is 9.55 Å². The fourth-order valence-corrected chi connectivity index (χ4v) is 2.34. The van der Waals surface area contributed by atoms with Crippen molar-refractivity contribution in [3.8, 4) is 0 Å². The molecule has 0 atom stereocenters. The molecule has 3 rings (SSSR count). The smallest absolute Gasteiger partial charge is 0.310 e. The second kappa shape index (κ2) is 4.68. The van der Waals surface area contributed by atoms with Crippen LogP contribution in [0, 0.1) is 0 Å². The van der Waals surface area contributed by atoms with Crippen molar-refractivity contribution in [2.24, 2.45) is 0 Å². The van der Waals surface area contributed by atoms with E-state index in [2.05, 4.69) is 4.98 Å². The number of aromatic nitrogens is 2. The van der Waals surface area contributed by atoms with Gasteiger partial charge in [0.05, 0.1) is 0 Å². The minimum atomic E-state index is -0.400. The molecule has 0 bridgehead atoms. The molecular weight excluding hydrogens is 242 g/mol. The summed E-state index contributed by atoms with van der Waals surface area (Å²) in [6.45, 7) is 0.703. The molecule has 5 heteroatoms. The van der Waals surface area contributed by atoms with Crippen LogP contribution in [-0.4, -0.2) is 22.0 Å². The number of rotatable bonds is 2. The Balaban J connectivity index is 1.83. The van der Waals surface area contributed by atoms with E-state index in [-0.39, 0.29) is 12.5 Å². The van der Waals surface area contributed by atoms with Crippen LogP contribution < -0.4 is 10.6 Å². The first-order valence-corrected chi connectivity index (χ1v) is 6.15. The lowest BCUT2D eigenvalue weighted by Gasteiger charge is -2.17. The number of nitrogens with zero attached hydrogens (tertiary/aromatic N) is 3. The predicted molar refractivity (Wildman–Crippen MR) is 71.0 cm³/mol. The maximum Gasteiger partial charge on any atom is 0.347 e. The topological polar surface area (TPSA) is 55.2 Å². The van der Waals surface area contributed by atoms with E-state index in [0.29, 0.717) is 6.54 Å². The van der Waals surface area contributed by atoms with Crippen LogP contribution in [0.2, 0.25) is 0 Å². The van der Waals surface area contributed by atoms with Gasteiger partial charge in [-0.15, -0.1) is 0 Å². The van der Waals surface area contributed by atoms with Crippen molar-refractivity contribution >= 4 is 11.6 Å². The van der Waals surface area contributed by atoms with Crippen LogP contribution in [0.3, 0.4) is 0 Å². The Kier molecular flexibility index (Phi) is 2.87.